The smallest absolute Gasteiger partial charge is 0.282 e. The van der Waals surface area contributed by atoms with Gasteiger partial charge in [0, 0.05) is 25.0 Å². The highest BCUT2D eigenvalue weighted by molar-refractivity contribution is 5.98. The molecule has 0 spiro atoms. The molecule has 1 heterocycles. The molecule has 2 rings (SSSR count). The molecule has 0 atom stereocenters. The van der Waals surface area contributed by atoms with Crippen LogP contribution in [0.2, 0.25) is 0 Å². The van der Waals surface area contributed by atoms with E-state index in [1.165, 1.54) is 6.07 Å². The number of phenols is 1. The molecule has 1 aromatic carbocycles. The first-order valence-electron chi connectivity index (χ1n) is 6.14. The van der Waals surface area contributed by atoms with Crippen LogP contribution in [0.5, 0.6) is 5.75 Å². The molecule has 0 saturated carbocycles. The number of hydrogen-bond donors (Lipinski definition) is 2. The molecule has 0 aliphatic rings. The fraction of sp³-hybridized carbons (Fsp3) is 0.143. The Kier molecular flexibility index (Phi) is 4.13. The molecule has 0 unspecified atom stereocenters. The number of carbonyl (C=O) groups excluding carboxylic acids is 1. The van der Waals surface area contributed by atoms with E-state index in [2.05, 4.69) is 10.3 Å². The van der Waals surface area contributed by atoms with Gasteiger partial charge < -0.3 is 10.4 Å². The summed E-state index contributed by atoms with van der Waals surface area (Å²) in [5.41, 5.74) is 1.24. The van der Waals surface area contributed by atoms with E-state index in [1.54, 1.807) is 18.5 Å². The molecule has 1 aromatic heterocycles. The standard InChI is InChI=1S/C14H13N3O4/c1-9-7-15-5-4-10(9)8-16-14(19)12-6-11(18)2-3-13(12)17(20)21/h2-7,18H,8H2,1H3,(H,16,19). The van der Waals surface area contributed by atoms with Crippen molar-refractivity contribution >= 4 is 11.6 Å². The second-order valence-corrected chi connectivity index (χ2v) is 4.44. The van der Waals surface area contributed by atoms with Gasteiger partial charge in [0.15, 0.2) is 0 Å². The fourth-order valence-corrected chi connectivity index (χ4v) is 1.84. The summed E-state index contributed by atoms with van der Waals surface area (Å²) in [6, 6.07) is 5.10. The number of aromatic hydroxyl groups is 1. The van der Waals surface area contributed by atoms with Crippen LogP contribution in [0.25, 0.3) is 0 Å². The minimum atomic E-state index is -0.661. The maximum Gasteiger partial charge on any atom is 0.282 e. The van der Waals surface area contributed by atoms with Gasteiger partial charge in [-0.15, -0.1) is 0 Å². The van der Waals surface area contributed by atoms with Gasteiger partial charge in [-0.2, -0.15) is 0 Å². The van der Waals surface area contributed by atoms with E-state index in [-0.39, 0.29) is 23.5 Å². The molecule has 108 valence electrons. The number of benzene rings is 1. The highest BCUT2D eigenvalue weighted by Gasteiger charge is 2.20. The van der Waals surface area contributed by atoms with Crippen LogP contribution in [0, 0.1) is 17.0 Å². The molecular weight excluding hydrogens is 274 g/mol. The van der Waals surface area contributed by atoms with Crippen LogP contribution in [-0.2, 0) is 6.54 Å². The molecule has 0 saturated heterocycles. The topological polar surface area (TPSA) is 105 Å². The molecule has 7 heteroatoms. The Morgan fingerprint density at radius 2 is 2.19 bits per heavy atom. The quantitative estimate of drug-likeness (QED) is 0.660. The molecule has 2 aromatic rings. The molecular formula is C14H13N3O4. The van der Waals surface area contributed by atoms with E-state index < -0.39 is 10.8 Å². The van der Waals surface area contributed by atoms with Crippen LogP contribution in [0.15, 0.2) is 36.7 Å². The van der Waals surface area contributed by atoms with Gasteiger partial charge in [0.05, 0.1) is 4.92 Å². The minimum Gasteiger partial charge on any atom is -0.508 e. The summed E-state index contributed by atoms with van der Waals surface area (Å²) in [6.45, 7) is 2.07. The van der Waals surface area contributed by atoms with Crippen LogP contribution in [0.4, 0.5) is 5.69 Å². The van der Waals surface area contributed by atoms with Crippen molar-refractivity contribution in [2.75, 3.05) is 0 Å². The summed E-state index contributed by atoms with van der Waals surface area (Å²) in [6.07, 6.45) is 3.27. The maximum absolute atomic E-state index is 12.1. The number of aromatic nitrogens is 1. The number of carbonyl (C=O) groups is 1. The van der Waals surface area contributed by atoms with Crippen molar-refractivity contribution in [1.82, 2.24) is 10.3 Å². The Morgan fingerprint density at radius 1 is 1.43 bits per heavy atom. The third kappa shape index (κ3) is 3.33. The predicted molar refractivity (Wildman–Crippen MR) is 74.9 cm³/mol. The maximum atomic E-state index is 12.1. The molecule has 0 fully saturated rings. The molecule has 21 heavy (non-hydrogen) atoms. The van der Waals surface area contributed by atoms with Gasteiger partial charge in [-0.1, -0.05) is 0 Å². The van der Waals surface area contributed by atoms with Gasteiger partial charge >= 0.3 is 0 Å². The van der Waals surface area contributed by atoms with Gasteiger partial charge in [0.2, 0.25) is 0 Å². The minimum absolute atomic E-state index is 0.174. The Morgan fingerprint density at radius 3 is 2.86 bits per heavy atom. The lowest BCUT2D eigenvalue weighted by Crippen LogP contribution is -2.24. The number of nitro groups is 1. The largest absolute Gasteiger partial charge is 0.508 e. The van der Waals surface area contributed by atoms with Crippen LogP contribution in [0.3, 0.4) is 0 Å². The highest BCUT2D eigenvalue weighted by atomic mass is 16.6. The van der Waals surface area contributed by atoms with E-state index in [9.17, 15) is 20.0 Å². The zero-order valence-corrected chi connectivity index (χ0v) is 11.2. The van der Waals surface area contributed by atoms with Gasteiger partial charge in [0.25, 0.3) is 11.6 Å². The van der Waals surface area contributed by atoms with Crippen molar-refractivity contribution in [2.45, 2.75) is 13.5 Å². The van der Waals surface area contributed by atoms with Gasteiger partial charge in [0.1, 0.15) is 11.3 Å². The van der Waals surface area contributed by atoms with E-state index in [0.717, 1.165) is 23.3 Å². The molecule has 0 aliphatic heterocycles. The number of nitrogens with zero attached hydrogens (tertiary/aromatic N) is 2. The number of hydrogen-bond acceptors (Lipinski definition) is 5. The van der Waals surface area contributed by atoms with Crippen molar-refractivity contribution in [3.63, 3.8) is 0 Å². The average Bonchev–Trinajstić information content (AvgIpc) is 2.45. The number of rotatable bonds is 4. The third-order valence-electron chi connectivity index (χ3n) is 3.00. The lowest BCUT2D eigenvalue weighted by molar-refractivity contribution is -0.385. The first kappa shape index (κ1) is 14.4. The zero-order valence-electron chi connectivity index (χ0n) is 11.2. The van der Waals surface area contributed by atoms with Crippen LogP contribution in [-0.4, -0.2) is 20.9 Å². The van der Waals surface area contributed by atoms with Crippen molar-refractivity contribution in [2.24, 2.45) is 0 Å². The zero-order chi connectivity index (χ0) is 15.4. The van der Waals surface area contributed by atoms with E-state index in [4.69, 9.17) is 0 Å². The summed E-state index contributed by atoms with van der Waals surface area (Å²) in [5.74, 6) is -0.820. The second-order valence-electron chi connectivity index (χ2n) is 4.44. The summed E-state index contributed by atoms with van der Waals surface area (Å²) >= 11 is 0. The summed E-state index contributed by atoms with van der Waals surface area (Å²) in [5, 5.41) is 22.9. The Bertz CT molecular complexity index is 700. The van der Waals surface area contributed by atoms with Gasteiger partial charge in [-0.05, 0) is 36.2 Å². The van der Waals surface area contributed by atoms with E-state index in [1.807, 2.05) is 6.92 Å². The Hall–Kier alpha value is -2.96. The summed E-state index contributed by atoms with van der Waals surface area (Å²) in [7, 11) is 0. The number of pyridine rings is 1. The van der Waals surface area contributed by atoms with E-state index >= 15 is 0 Å². The second kappa shape index (κ2) is 6.00. The van der Waals surface area contributed by atoms with Gasteiger partial charge in [-0.3, -0.25) is 19.9 Å². The molecule has 1 amide bonds. The average molecular weight is 287 g/mol. The van der Waals surface area contributed by atoms with Crippen molar-refractivity contribution in [3.8, 4) is 5.75 Å². The van der Waals surface area contributed by atoms with Gasteiger partial charge in [-0.25, -0.2) is 0 Å². The first-order chi connectivity index (χ1) is 9.99. The van der Waals surface area contributed by atoms with Crippen LogP contribution in [0.1, 0.15) is 21.5 Å². The lowest BCUT2D eigenvalue weighted by atomic mass is 10.1. The lowest BCUT2D eigenvalue weighted by Gasteiger charge is -2.08. The third-order valence-corrected chi connectivity index (χ3v) is 3.00. The number of aryl methyl sites for hydroxylation is 1. The summed E-state index contributed by atoms with van der Waals surface area (Å²) < 4.78 is 0. The molecule has 7 nitrogen and oxygen atoms in total. The van der Waals surface area contributed by atoms with E-state index in [0.29, 0.717) is 0 Å². The molecule has 0 radical (unpaired) electrons. The number of amides is 1. The Labute approximate surface area is 120 Å². The number of nitrogens with one attached hydrogen (secondary N) is 1. The number of nitro benzene ring substituents is 1. The first-order valence-corrected chi connectivity index (χ1v) is 6.14. The van der Waals surface area contributed by atoms with Crippen LogP contribution < -0.4 is 5.32 Å². The highest BCUT2D eigenvalue weighted by Crippen LogP contribution is 2.23. The van der Waals surface area contributed by atoms with Crippen molar-refractivity contribution in [3.05, 3.63) is 63.5 Å². The molecule has 2 N–H and O–H groups in total. The van der Waals surface area contributed by atoms with Crippen LogP contribution >= 0.6 is 0 Å². The molecule has 0 bridgehead atoms. The SMILES string of the molecule is Cc1cnccc1CNC(=O)c1cc(O)ccc1[N+](=O)[O-]. The van der Waals surface area contributed by atoms with Crippen molar-refractivity contribution < 1.29 is 14.8 Å². The predicted octanol–water partition coefficient (Wildman–Crippen LogP) is 1.93. The monoisotopic (exact) mass is 287 g/mol. The number of phenolic OH excluding ortho intramolecular Hbond substituents is 1. The fourth-order valence-electron chi connectivity index (χ4n) is 1.84. The summed E-state index contributed by atoms with van der Waals surface area (Å²) in [4.78, 5) is 26.2. The molecule has 0 aliphatic carbocycles. The Balaban J connectivity index is 2.19. The van der Waals surface area contributed by atoms with Crippen molar-refractivity contribution in [1.29, 1.82) is 0 Å². The normalized spacial score (nSPS) is 10.1.